The monoisotopic (exact) mass is 367 g/mol. The van der Waals surface area contributed by atoms with Crippen molar-refractivity contribution in [3.8, 4) is 11.4 Å². The van der Waals surface area contributed by atoms with Gasteiger partial charge in [0.15, 0.2) is 0 Å². The first-order valence-electron chi connectivity index (χ1n) is 8.72. The number of hydrogen-bond donors (Lipinski definition) is 0. The van der Waals surface area contributed by atoms with E-state index in [0.29, 0.717) is 30.1 Å². The molecule has 0 bridgehead atoms. The molecule has 0 aliphatic carbocycles. The number of ether oxygens (including phenoxy) is 1. The summed E-state index contributed by atoms with van der Waals surface area (Å²) in [6, 6.07) is 14.1. The molecule has 27 heavy (non-hydrogen) atoms. The maximum absolute atomic E-state index is 14.0. The number of amides is 1. The zero-order valence-electron chi connectivity index (χ0n) is 15.6. The zero-order chi connectivity index (χ0) is 19.4. The van der Waals surface area contributed by atoms with E-state index in [0.717, 1.165) is 11.3 Å². The molecule has 0 saturated heterocycles. The number of carbonyl (C=O) groups is 1. The zero-order valence-corrected chi connectivity index (χ0v) is 15.6. The molecule has 0 radical (unpaired) electrons. The van der Waals surface area contributed by atoms with Crippen LogP contribution in [0, 0.1) is 19.7 Å². The van der Waals surface area contributed by atoms with Crippen molar-refractivity contribution in [1.29, 1.82) is 0 Å². The molecular weight excluding hydrogens is 345 g/mol. The normalized spacial score (nSPS) is 10.7. The molecule has 0 N–H and O–H groups in total. The maximum Gasteiger partial charge on any atom is 0.257 e. The van der Waals surface area contributed by atoms with Crippen molar-refractivity contribution < 1.29 is 13.9 Å². The molecule has 3 aromatic rings. The second kappa shape index (κ2) is 8.03. The summed E-state index contributed by atoms with van der Waals surface area (Å²) in [5, 5.41) is 4.19. The first-order chi connectivity index (χ1) is 13.0. The summed E-state index contributed by atoms with van der Waals surface area (Å²) in [5.74, 6) is 0.244. The molecule has 0 aliphatic heterocycles. The quantitative estimate of drug-likeness (QED) is 0.666. The third-order valence-electron chi connectivity index (χ3n) is 4.45. The van der Waals surface area contributed by atoms with E-state index in [-0.39, 0.29) is 11.7 Å². The maximum atomic E-state index is 14.0. The summed E-state index contributed by atoms with van der Waals surface area (Å²) >= 11 is 0. The first kappa shape index (κ1) is 18.6. The number of aromatic nitrogens is 2. The average molecular weight is 367 g/mol. The molecule has 2 aromatic carbocycles. The molecule has 6 heteroatoms. The fraction of sp³-hybridized carbons (Fsp3) is 0.238. The third-order valence-corrected chi connectivity index (χ3v) is 4.45. The molecular formula is C21H22FN3O2. The summed E-state index contributed by atoms with van der Waals surface area (Å²) in [7, 11) is 1.71. The molecule has 0 unspecified atom stereocenters. The van der Waals surface area contributed by atoms with Crippen LogP contribution in [0.3, 0.4) is 0 Å². The number of nitrogens with zero attached hydrogens (tertiary/aromatic N) is 3. The molecule has 140 valence electrons. The Bertz CT molecular complexity index is 952. The molecule has 1 aromatic heterocycles. The smallest absolute Gasteiger partial charge is 0.257 e. The van der Waals surface area contributed by atoms with E-state index >= 15 is 0 Å². The number of carbonyl (C=O) groups excluding carboxylic acids is 1. The third kappa shape index (κ3) is 4.00. The number of hydrogen-bond acceptors (Lipinski definition) is 3. The van der Waals surface area contributed by atoms with Crippen LogP contribution in [-0.4, -0.2) is 40.8 Å². The van der Waals surface area contributed by atoms with Crippen molar-refractivity contribution in [1.82, 2.24) is 14.7 Å². The standard InChI is InChI=1S/C21H22FN3O2/c1-15-8-4-7-11-20(15)27-13-12-24(3)21(26)17-14-23-25(16(17)2)19-10-6-5-9-18(19)22/h4-11,14H,12-13H2,1-3H3. The Morgan fingerprint density at radius 2 is 1.85 bits per heavy atom. The van der Waals surface area contributed by atoms with Gasteiger partial charge in [0, 0.05) is 7.05 Å². The fourth-order valence-corrected chi connectivity index (χ4v) is 2.80. The summed E-state index contributed by atoms with van der Waals surface area (Å²) in [4.78, 5) is 14.3. The Morgan fingerprint density at radius 3 is 2.59 bits per heavy atom. The summed E-state index contributed by atoms with van der Waals surface area (Å²) in [6.07, 6.45) is 1.48. The van der Waals surface area contributed by atoms with Crippen molar-refractivity contribution in [3.05, 3.63) is 77.4 Å². The van der Waals surface area contributed by atoms with Gasteiger partial charge in [-0.1, -0.05) is 30.3 Å². The Morgan fingerprint density at radius 1 is 1.15 bits per heavy atom. The van der Waals surface area contributed by atoms with Crippen LogP contribution in [0.15, 0.2) is 54.7 Å². The minimum atomic E-state index is -0.386. The molecule has 1 amide bonds. The van der Waals surface area contributed by atoms with Gasteiger partial charge in [-0.3, -0.25) is 4.79 Å². The van der Waals surface area contributed by atoms with E-state index in [1.165, 1.54) is 16.9 Å². The lowest BCUT2D eigenvalue weighted by atomic mass is 10.2. The Hall–Kier alpha value is -3.15. The van der Waals surface area contributed by atoms with Crippen LogP contribution in [0.5, 0.6) is 5.75 Å². The molecule has 0 aliphatic rings. The number of aryl methyl sites for hydroxylation is 1. The van der Waals surface area contributed by atoms with E-state index in [1.807, 2.05) is 31.2 Å². The average Bonchev–Trinajstić information content (AvgIpc) is 3.04. The topological polar surface area (TPSA) is 47.4 Å². The van der Waals surface area contributed by atoms with Gasteiger partial charge in [0.25, 0.3) is 5.91 Å². The van der Waals surface area contributed by atoms with Crippen molar-refractivity contribution >= 4 is 5.91 Å². The lowest BCUT2D eigenvalue weighted by Crippen LogP contribution is -2.31. The lowest BCUT2D eigenvalue weighted by Gasteiger charge is -2.18. The molecule has 1 heterocycles. The Labute approximate surface area is 158 Å². The van der Waals surface area contributed by atoms with Gasteiger partial charge < -0.3 is 9.64 Å². The minimum absolute atomic E-state index is 0.177. The molecule has 0 saturated carbocycles. The van der Waals surface area contributed by atoms with Gasteiger partial charge in [0.05, 0.1) is 24.0 Å². The first-order valence-corrected chi connectivity index (χ1v) is 8.72. The Kier molecular flexibility index (Phi) is 5.54. The van der Waals surface area contributed by atoms with Crippen LogP contribution in [0.25, 0.3) is 5.69 Å². The largest absolute Gasteiger partial charge is 0.491 e. The van der Waals surface area contributed by atoms with E-state index in [2.05, 4.69) is 5.10 Å². The van der Waals surface area contributed by atoms with Crippen LogP contribution >= 0.6 is 0 Å². The molecule has 5 nitrogen and oxygen atoms in total. The molecule has 3 rings (SSSR count). The fourth-order valence-electron chi connectivity index (χ4n) is 2.80. The lowest BCUT2D eigenvalue weighted by molar-refractivity contribution is 0.0773. The summed E-state index contributed by atoms with van der Waals surface area (Å²) in [5.41, 5.74) is 2.40. The van der Waals surface area contributed by atoms with Crippen LogP contribution in [-0.2, 0) is 0 Å². The second-order valence-electron chi connectivity index (χ2n) is 6.35. The van der Waals surface area contributed by atoms with Gasteiger partial charge in [-0.05, 0) is 37.6 Å². The summed E-state index contributed by atoms with van der Waals surface area (Å²) < 4.78 is 21.2. The number of benzene rings is 2. The van der Waals surface area contributed by atoms with Crippen LogP contribution < -0.4 is 4.74 Å². The van der Waals surface area contributed by atoms with Crippen molar-refractivity contribution in [2.75, 3.05) is 20.2 Å². The summed E-state index contributed by atoms with van der Waals surface area (Å²) in [6.45, 7) is 4.54. The highest BCUT2D eigenvalue weighted by molar-refractivity contribution is 5.95. The highest BCUT2D eigenvalue weighted by atomic mass is 19.1. The van der Waals surface area contributed by atoms with Crippen LogP contribution in [0.4, 0.5) is 4.39 Å². The van der Waals surface area contributed by atoms with Crippen molar-refractivity contribution in [2.45, 2.75) is 13.8 Å². The molecule has 0 atom stereocenters. The Balaban J connectivity index is 1.67. The van der Waals surface area contributed by atoms with E-state index in [9.17, 15) is 9.18 Å². The van der Waals surface area contributed by atoms with Gasteiger partial charge in [0.2, 0.25) is 0 Å². The van der Waals surface area contributed by atoms with Gasteiger partial charge in [0.1, 0.15) is 23.9 Å². The van der Waals surface area contributed by atoms with Crippen molar-refractivity contribution in [2.24, 2.45) is 0 Å². The second-order valence-corrected chi connectivity index (χ2v) is 6.35. The highest BCUT2D eigenvalue weighted by Gasteiger charge is 2.19. The predicted octanol–water partition coefficient (Wildman–Crippen LogP) is 3.78. The van der Waals surface area contributed by atoms with E-state index < -0.39 is 0 Å². The van der Waals surface area contributed by atoms with E-state index in [1.54, 1.807) is 37.1 Å². The van der Waals surface area contributed by atoms with E-state index in [4.69, 9.17) is 4.74 Å². The van der Waals surface area contributed by atoms with Gasteiger partial charge in [-0.2, -0.15) is 5.10 Å². The van der Waals surface area contributed by atoms with Gasteiger partial charge in [-0.25, -0.2) is 9.07 Å². The van der Waals surface area contributed by atoms with Crippen molar-refractivity contribution in [3.63, 3.8) is 0 Å². The number of rotatable bonds is 6. The SMILES string of the molecule is Cc1ccccc1OCCN(C)C(=O)c1cnn(-c2ccccc2F)c1C. The predicted molar refractivity (Wildman–Crippen MR) is 102 cm³/mol. The number of halogens is 1. The molecule has 0 fully saturated rings. The van der Waals surface area contributed by atoms with Crippen LogP contribution in [0.1, 0.15) is 21.6 Å². The minimum Gasteiger partial charge on any atom is -0.491 e. The van der Waals surface area contributed by atoms with Crippen LogP contribution in [0.2, 0.25) is 0 Å². The molecule has 0 spiro atoms. The number of likely N-dealkylation sites (N-methyl/N-ethyl adjacent to an activating group) is 1. The highest BCUT2D eigenvalue weighted by Crippen LogP contribution is 2.19. The number of para-hydroxylation sites is 2. The van der Waals surface area contributed by atoms with Gasteiger partial charge >= 0.3 is 0 Å². The van der Waals surface area contributed by atoms with Gasteiger partial charge in [-0.15, -0.1) is 0 Å².